The van der Waals surface area contributed by atoms with Crippen molar-refractivity contribution in [3.8, 4) is 0 Å². The van der Waals surface area contributed by atoms with Gasteiger partial charge in [-0.2, -0.15) is 0 Å². The minimum absolute atomic E-state index is 0.602. The summed E-state index contributed by atoms with van der Waals surface area (Å²) in [5, 5.41) is 0. The van der Waals surface area contributed by atoms with Crippen molar-refractivity contribution >= 4 is 5.57 Å². The van der Waals surface area contributed by atoms with E-state index in [1.54, 1.807) is 0 Å². The van der Waals surface area contributed by atoms with Gasteiger partial charge < -0.3 is 0 Å². The summed E-state index contributed by atoms with van der Waals surface area (Å²) in [5.41, 5.74) is 5.71. The van der Waals surface area contributed by atoms with E-state index in [1.807, 2.05) is 0 Å². The molecular weight excluding hydrogens is 168 g/mol. The van der Waals surface area contributed by atoms with Gasteiger partial charge in [-0.15, -0.1) is 0 Å². The summed E-state index contributed by atoms with van der Waals surface area (Å²) in [6, 6.07) is 10.6. The van der Waals surface area contributed by atoms with Crippen LogP contribution >= 0.6 is 0 Å². The van der Waals surface area contributed by atoms with Crippen molar-refractivity contribution in [3.05, 3.63) is 53.1 Å². The van der Waals surface area contributed by atoms with Gasteiger partial charge in [0.05, 0.1) is 0 Å². The van der Waals surface area contributed by atoms with Crippen LogP contribution in [0.5, 0.6) is 0 Å². The molecule has 1 aromatic rings. The van der Waals surface area contributed by atoms with Crippen LogP contribution in [0.15, 0.2) is 47.6 Å². The SMILES string of the molecule is CC1=C(C)C(C)C=C1c1ccccc1. The maximum atomic E-state index is 2.36. The second kappa shape index (κ2) is 3.45. The maximum Gasteiger partial charge on any atom is -0.00392 e. The number of benzene rings is 1. The van der Waals surface area contributed by atoms with Crippen LogP contribution in [-0.4, -0.2) is 0 Å². The molecule has 1 unspecified atom stereocenters. The molecule has 0 N–H and O–H groups in total. The summed E-state index contributed by atoms with van der Waals surface area (Å²) in [4.78, 5) is 0. The molecule has 1 atom stereocenters. The van der Waals surface area contributed by atoms with Crippen molar-refractivity contribution in [2.24, 2.45) is 5.92 Å². The molecule has 0 fully saturated rings. The van der Waals surface area contributed by atoms with Crippen LogP contribution in [0.2, 0.25) is 0 Å². The van der Waals surface area contributed by atoms with Crippen LogP contribution < -0.4 is 0 Å². The fourth-order valence-corrected chi connectivity index (χ4v) is 1.98. The standard InChI is InChI=1S/C14H16/c1-10-9-14(12(3)11(10)2)13-7-5-4-6-8-13/h4-10H,1-3H3. The summed E-state index contributed by atoms with van der Waals surface area (Å²) >= 11 is 0. The quantitative estimate of drug-likeness (QED) is 0.617. The average molecular weight is 184 g/mol. The first-order chi connectivity index (χ1) is 6.70. The minimum Gasteiger partial charge on any atom is -0.0695 e. The summed E-state index contributed by atoms with van der Waals surface area (Å²) in [5.74, 6) is 0.602. The van der Waals surface area contributed by atoms with E-state index in [1.165, 1.54) is 22.3 Å². The van der Waals surface area contributed by atoms with Gasteiger partial charge in [0.2, 0.25) is 0 Å². The Bertz CT molecular complexity index is 393. The Morgan fingerprint density at radius 1 is 1.00 bits per heavy atom. The van der Waals surface area contributed by atoms with Gasteiger partial charge in [-0.1, -0.05) is 48.9 Å². The Kier molecular flexibility index (Phi) is 2.28. The number of allylic oxidation sites excluding steroid dienone is 4. The Balaban J connectivity index is 2.44. The Hall–Kier alpha value is -1.30. The van der Waals surface area contributed by atoms with Crippen molar-refractivity contribution in [2.45, 2.75) is 20.8 Å². The number of hydrogen-bond donors (Lipinski definition) is 0. The molecule has 0 saturated heterocycles. The topological polar surface area (TPSA) is 0 Å². The van der Waals surface area contributed by atoms with Crippen LogP contribution in [0.1, 0.15) is 26.3 Å². The van der Waals surface area contributed by atoms with Crippen LogP contribution in [-0.2, 0) is 0 Å². The highest BCUT2D eigenvalue weighted by atomic mass is 14.2. The predicted molar refractivity (Wildman–Crippen MR) is 62.0 cm³/mol. The molecule has 1 aromatic carbocycles. The molecule has 0 saturated carbocycles. The first-order valence-electron chi connectivity index (χ1n) is 5.15. The van der Waals surface area contributed by atoms with Crippen LogP contribution in [0, 0.1) is 5.92 Å². The molecule has 0 amide bonds. The van der Waals surface area contributed by atoms with Gasteiger partial charge in [0, 0.05) is 0 Å². The molecule has 0 heteroatoms. The molecule has 0 bridgehead atoms. The molecule has 0 aliphatic heterocycles. The van der Waals surface area contributed by atoms with Crippen molar-refractivity contribution < 1.29 is 0 Å². The normalized spacial score (nSPS) is 21.4. The summed E-state index contributed by atoms with van der Waals surface area (Å²) in [6.45, 7) is 6.71. The number of rotatable bonds is 1. The van der Waals surface area contributed by atoms with Gasteiger partial charge in [0.15, 0.2) is 0 Å². The van der Waals surface area contributed by atoms with Crippen molar-refractivity contribution in [1.82, 2.24) is 0 Å². The molecule has 14 heavy (non-hydrogen) atoms. The molecular formula is C14H16. The van der Waals surface area contributed by atoms with E-state index in [2.05, 4.69) is 57.2 Å². The zero-order valence-corrected chi connectivity index (χ0v) is 9.04. The Labute approximate surface area is 86.0 Å². The van der Waals surface area contributed by atoms with Crippen molar-refractivity contribution in [1.29, 1.82) is 0 Å². The molecule has 0 nitrogen and oxygen atoms in total. The van der Waals surface area contributed by atoms with Gasteiger partial charge in [-0.25, -0.2) is 0 Å². The van der Waals surface area contributed by atoms with Crippen LogP contribution in [0.25, 0.3) is 5.57 Å². The third-order valence-corrected chi connectivity index (χ3v) is 3.18. The van der Waals surface area contributed by atoms with Gasteiger partial charge in [-0.3, -0.25) is 0 Å². The second-order valence-electron chi connectivity index (χ2n) is 4.04. The molecule has 0 aromatic heterocycles. The first-order valence-corrected chi connectivity index (χ1v) is 5.15. The molecule has 0 spiro atoms. The van der Waals surface area contributed by atoms with Gasteiger partial charge in [0.25, 0.3) is 0 Å². The lowest BCUT2D eigenvalue weighted by Gasteiger charge is -2.04. The van der Waals surface area contributed by atoms with E-state index < -0.39 is 0 Å². The summed E-state index contributed by atoms with van der Waals surface area (Å²) in [6.07, 6.45) is 2.36. The summed E-state index contributed by atoms with van der Waals surface area (Å²) < 4.78 is 0. The van der Waals surface area contributed by atoms with Crippen LogP contribution in [0.4, 0.5) is 0 Å². The van der Waals surface area contributed by atoms with E-state index in [4.69, 9.17) is 0 Å². The van der Waals surface area contributed by atoms with E-state index in [-0.39, 0.29) is 0 Å². The Morgan fingerprint density at radius 2 is 1.64 bits per heavy atom. The molecule has 0 radical (unpaired) electrons. The van der Waals surface area contributed by atoms with Crippen LogP contribution in [0.3, 0.4) is 0 Å². The van der Waals surface area contributed by atoms with Gasteiger partial charge in [-0.05, 0) is 36.5 Å². The van der Waals surface area contributed by atoms with Crippen molar-refractivity contribution in [3.63, 3.8) is 0 Å². The van der Waals surface area contributed by atoms with E-state index in [0.29, 0.717) is 5.92 Å². The largest absolute Gasteiger partial charge is 0.0695 e. The van der Waals surface area contributed by atoms with E-state index in [0.717, 1.165) is 0 Å². The molecule has 72 valence electrons. The lowest BCUT2D eigenvalue weighted by atomic mass is 10.0. The Morgan fingerprint density at radius 3 is 2.14 bits per heavy atom. The van der Waals surface area contributed by atoms with Crippen molar-refractivity contribution in [2.75, 3.05) is 0 Å². The molecule has 2 rings (SSSR count). The lowest BCUT2D eigenvalue weighted by Crippen LogP contribution is -1.86. The number of hydrogen-bond acceptors (Lipinski definition) is 0. The maximum absolute atomic E-state index is 2.36. The molecule has 1 aliphatic rings. The monoisotopic (exact) mass is 184 g/mol. The fourth-order valence-electron chi connectivity index (χ4n) is 1.98. The van der Waals surface area contributed by atoms with E-state index >= 15 is 0 Å². The zero-order valence-electron chi connectivity index (χ0n) is 9.04. The minimum atomic E-state index is 0.602. The zero-order chi connectivity index (χ0) is 10.1. The molecule has 0 heterocycles. The third kappa shape index (κ3) is 1.41. The average Bonchev–Trinajstić information content (AvgIpc) is 2.47. The summed E-state index contributed by atoms with van der Waals surface area (Å²) in [7, 11) is 0. The van der Waals surface area contributed by atoms with Gasteiger partial charge >= 0.3 is 0 Å². The second-order valence-corrected chi connectivity index (χ2v) is 4.04. The lowest BCUT2D eigenvalue weighted by molar-refractivity contribution is 0.876. The van der Waals surface area contributed by atoms with Gasteiger partial charge in [0.1, 0.15) is 0 Å². The fraction of sp³-hybridized carbons (Fsp3) is 0.286. The highest BCUT2D eigenvalue weighted by Crippen LogP contribution is 2.36. The highest BCUT2D eigenvalue weighted by molar-refractivity contribution is 5.82. The van der Waals surface area contributed by atoms with E-state index in [9.17, 15) is 0 Å². The third-order valence-electron chi connectivity index (χ3n) is 3.18. The smallest absolute Gasteiger partial charge is 0.00392 e. The first kappa shape index (κ1) is 9.26. The highest BCUT2D eigenvalue weighted by Gasteiger charge is 2.17. The molecule has 1 aliphatic carbocycles. The predicted octanol–water partition coefficient (Wildman–Crippen LogP) is 4.06.